The highest BCUT2D eigenvalue weighted by molar-refractivity contribution is 5.22. The second-order valence-corrected chi connectivity index (χ2v) is 4.86. The first kappa shape index (κ1) is 15.2. The van der Waals surface area contributed by atoms with Gasteiger partial charge < -0.3 is 10.1 Å². The van der Waals surface area contributed by atoms with Gasteiger partial charge in [0.05, 0.1) is 6.61 Å². The van der Waals surface area contributed by atoms with E-state index in [0.29, 0.717) is 6.04 Å². The molecule has 0 spiro atoms. The van der Waals surface area contributed by atoms with Crippen LogP contribution in [-0.4, -0.2) is 25.8 Å². The molecule has 0 bridgehead atoms. The molecule has 0 saturated heterocycles. The SMILES string of the molecule is CCCOCC(CCc1cccc(C)c1)NCC. The zero-order valence-electron chi connectivity index (χ0n) is 12.0. The molecule has 1 aromatic carbocycles. The number of likely N-dealkylation sites (N-methyl/N-ethyl adjacent to an activating group) is 1. The molecule has 18 heavy (non-hydrogen) atoms. The summed E-state index contributed by atoms with van der Waals surface area (Å²) in [4.78, 5) is 0. The van der Waals surface area contributed by atoms with E-state index in [9.17, 15) is 0 Å². The topological polar surface area (TPSA) is 21.3 Å². The Hall–Kier alpha value is -0.860. The Morgan fingerprint density at radius 3 is 2.78 bits per heavy atom. The van der Waals surface area contributed by atoms with Gasteiger partial charge in [-0.1, -0.05) is 43.7 Å². The molecule has 102 valence electrons. The molecule has 0 saturated carbocycles. The van der Waals surface area contributed by atoms with E-state index < -0.39 is 0 Å². The van der Waals surface area contributed by atoms with Crippen LogP contribution in [0.3, 0.4) is 0 Å². The zero-order chi connectivity index (χ0) is 13.2. The molecular formula is C16H27NO. The van der Waals surface area contributed by atoms with Crippen molar-refractivity contribution in [2.24, 2.45) is 0 Å². The minimum Gasteiger partial charge on any atom is -0.380 e. The molecule has 0 fully saturated rings. The summed E-state index contributed by atoms with van der Waals surface area (Å²) in [7, 11) is 0. The van der Waals surface area contributed by atoms with Gasteiger partial charge >= 0.3 is 0 Å². The first-order valence-corrected chi connectivity index (χ1v) is 7.13. The molecule has 1 rings (SSSR count). The van der Waals surface area contributed by atoms with E-state index in [-0.39, 0.29) is 0 Å². The third-order valence-corrected chi connectivity index (χ3v) is 3.02. The van der Waals surface area contributed by atoms with Gasteiger partial charge in [-0.25, -0.2) is 0 Å². The number of hydrogen-bond acceptors (Lipinski definition) is 2. The minimum absolute atomic E-state index is 0.474. The summed E-state index contributed by atoms with van der Waals surface area (Å²) < 4.78 is 5.65. The highest BCUT2D eigenvalue weighted by Gasteiger charge is 2.07. The highest BCUT2D eigenvalue weighted by atomic mass is 16.5. The van der Waals surface area contributed by atoms with Crippen LogP contribution in [0.1, 0.15) is 37.8 Å². The van der Waals surface area contributed by atoms with Crippen LogP contribution < -0.4 is 5.32 Å². The third-order valence-electron chi connectivity index (χ3n) is 3.02. The Balaban J connectivity index is 2.36. The molecule has 0 aliphatic carbocycles. The summed E-state index contributed by atoms with van der Waals surface area (Å²) >= 11 is 0. The second-order valence-electron chi connectivity index (χ2n) is 4.86. The maximum absolute atomic E-state index is 5.65. The highest BCUT2D eigenvalue weighted by Crippen LogP contribution is 2.08. The summed E-state index contributed by atoms with van der Waals surface area (Å²) in [6.07, 6.45) is 3.35. The van der Waals surface area contributed by atoms with Crippen LogP contribution >= 0.6 is 0 Å². The molecule has 0 radical (unpaired) electrons. The van der Waals surface area contributed by atoms with Gasteiger partial charge in [0.1, 0.15) is 0 Å². The average Bonchev–Trinajstić information content (AvgIpc) is 2.36. The lowest BCUT2D eigenvalue weighted by Gasteiger charge is -2.18. The van der Waals surface area contributed by atoms with Crippen LogP contribution in [0, 0.1) is 6.92 Å². The lowest BCUT2D eigenvalue weighted by molar-refractivity contribution is 0.110. The molecule has 2 heteroatoms. The van der Waals surface area contributed by atoms with Crippen LogP contribution in [0.25, 0.3) is 0 Å². The van der Waals surface area contributed by atoms with Gasteiger partial charge in [0.25, 0.3) is 0 Å². The number of ether oxygens (including phenoxy) is 1. The lowest BCUT2D eigenvalue weighted by atomic mass is 10.0. The number of benzene rings is 1. The molecule has 0 heterocycles. The molecule has 0 aromatic heterocycles. The number of rotatable bonds is 9. The fourth-order valence-corrected chi connectivity index (χ4v) is 2.11. The Labute approximate surface area is 112 Å². The van der Waals surface area contributed by atoms with E-state index in [4.69, 9.17) is 4.74 Å². The van der Waals surface area contributed by atoms with E-state index in [1.54, 1.807) is 0 Å². The third kappa shape index (κ3) is 6.18. The number of nitrogens with one attached hydrogen (secondary N) is 1. The summed E-state index contributed by atoms with van der Waals surface area (Å²) in [5, 5.41) is 3.50. The predicted molar refractivity (Wildman–Crippen MR) is 78.1 cm³/mol. The number of hydrogen-bond donors (Lipinski definition) is 1. The van der Waals surface area contributed by atoms with Crippen molar-refractivity contribution in [1.29, 1.82) is 0 Å². The van der Waals surface area contributed by atoms with Gasteiger partial charge in [-0.2, -0.15) is 0 Å². The smallest absolute Gasteiger partial charge is 0.0619 e. The molecule has 0 aliphatic rings. The maximum atomic E-state index is 5.65. The normalized spacial score (nSPS) is 12.6. The van der Waals surface area contributed by atoms with E-state index >= 15 is 0 Å². The van der Waals surface area contributed by atoms with Gasteiger partial charge in [-0.15, -0.1) is 0 Å². The molecule has 1 atom stereocenters. The Bertz CT molecular complexity index is 325. The molecule has 2 nitrogen and oxygen atoms in total. The summed E-state index contributed by atoms with van der Waals surface area (Å²) in [6, 6.07) is 9.25. The fraction of sp³-hybridized carbons (Fsp3) is 0.625. The summed E-state index contributed by atoms with van der Waals surface area (Å²) in [5.74, 6) is 0. The largest absolute Gasteiger partial charge is 0.380 e. The molecule has 1 aromatic rings. The van der Waals surface area contributed by atoms with Crippen molar-refractivity contribution in [2.45, 2.75) is 46.1 Å². The van der Waals surface area contributed by atoms with E-state index in [1.807, 2.05) is 0 Å². The molecule has 1 unspecified atom stereocenters. The summed E-state index contributed by atoms with van der Waals surface area (Å²) in [5.41, 5.74) is 2.77. The first-order valence-electron chi connectivity index (χ1n) is 7.13. The fourth-order valence-electron chi connectivity index (χ4n) is 2.11. The van der Waals surface area contributed by atoms with Crippen LogP contribution in [0.5, 0.6) is 0 Å². The van der Waals surface area contributed by atoms with Gasteiger partial charge in [-0.3, -0.25) is 0 Å². The van der Waals surface area contributed by atoms with E-state index in [0.717, 1.165) is 39.0 Å². The van der Waals surface area contributed by atoms with Crippen molar-refractivity contribution < 1.29 is 4.74 Å². The Morgan fingerprint density at radius 1 is 1.28 bits per heavy atom. The Morgan fingerprint density at radius 2 is 2.11 bits per heavy atom. The first-order chi connectivity index (χ1) is 8.76. The van der Waals surface area contributed by atoms with Gasteiger partial charge in [0, 0.05) is 12.6 Å². The van der Waals surface area contributed by atoms with Crippen molar-refractivity contribution in [3.63, 3.8) is 0 Å². The van der Waals surface area contributed by atoms with Crippen molar-refractivity contribution in [3.05, 3.63) is 35.4 Å². The van der Waals surface area contributed by atoms with Crippen LogP contribution in [0.4, 0.5) is 0 Å². The average molecular weight is 249 g/mol. The summed E-state index contributed by atoms with van der Waals surface area (Å²) in [6.45, 7) is 9.15. The second kappa shape index (κ2) is 9.12. The van der Waals surface area contributed by atoms with Crippen molar-refractivity contribution in [2.75, 3.05) is 19.8 Å². The van der Waals surface area contributed by atoms with Crippen LogP contribution in [0.15, 0.2) is 24.3 Å². The zero-order valence-corrected chi connectivity index (χ0v) is 12.0. The molecule has 0 aliphatic heterocycles. The monoisotopic (exact) mass is 249 g/mol. The van der Waals surface area contributed by atoms with Crippen molar-refractivity contribution in [1.82, 2.24) is 5.32 Å². The van der Waals surface area contributed by atoms with E-state index in [2.05, 4.69) is 50.4 Å². The standard InChI is InChI=1S/C16H27NO/c1-4-11-18-13-16(17-5-2)10-9-15-8-6-7-14(3)12-15/h6-8,12,16-17H,4-5,9-11,13H2,1-3H3. The number of aryl methyl sites for hydroxylation is 2. The maximum Gasteiger partial charge on any atom is 0.0619 e. The molecule has 0 amide bonds. The van der Waals surface area contributed by atoms with E-state index in [1.165, 1.54) is 11.1 Å². The predicted octanol–water partition coefficient (Wildman–Crippen LogP) is 3.33. The van der Waals surface area contributed by atoms with Crippen molar-refractivity contribution >= 4 is 0 Å². The van der Waals surface area contributed by atoms with Crippen molar-refractivity contribution in [3.8, 4) is 0 Å². The minimum atomic E-state index is 0.474. The Kier molecular flexibility index (Phi) is 7.70. The van der Waals surface area contributed by atoms with Crippen LogP contribution in [0.2, 0.25) is 0 Å². The quantitative estimate of drug-likeness (QED) is 0.678. The van der Waals surface area contributed by atoms with Gasteiger partial charge in [-0.05, 0) is 38.3 Å². The van der Waals surface area contributed by atoms with Gasteiger partial charge in [0.15, 0.2) is 0 Å². The molecular weight excluding hydrogens is 222 g/mol. The van der Waals surface area contributed by atoms with Crippen LogP contribution in [-0.2, 0) is 11.2 Å². The van der Waals surface area contributed by atoms with Gasteiger partial charge in [0.2, 0.25) is 0 Å². The lowest BCUT2D eigenvalue weighted by Crippen LogP contribution is -2.34. The molecule has 1 N–H and O–H groups in total.